The number of hydrogen-bond acceptors (Lipinski definition) is 9. The van der Waals surface area contributed by atoms with Crippen molar-refractivity contribution < 1.29 is 44.2 Å². The minimum absolute atomic E-state index is 0.0960. The van der Waals surface area contributed by atoms with Crippen molar-refractivity contribution in [2.75, 3.05) is 6.61 Å². The summed E-state index contributed by atoms with van der Waals surface area (Å²) in [6.07, 6.45) is -5.46. The fourth-order valence-electron chi connectivity index (χ4n) is 4.13. The van der Waals surface area contributed by atoms with Gasteiger partial charge in [-0.15, -0.1) is 0 Å². The van der Waals surface area contributed by atoms with Gasteiger partial charge in [0.1, 0.15) is 52.5 Å². The van der Waals surface area contributed by atoms with Gasteiger partial charge in [0.15, 0.2) is 0 Å². The van der Waals surface area contributed by atoms with Crippen molar-refractivity contribution in [2.24, 2.45) is 0 Å². The second kappa shape index (κ2) is 7.89. The zero-order valence-electron chi connectivity index (χ0n) is 18.1. The highest BCUT2D eigenvalue weighted by molar-refractivity contribution is 5.85. The quantitative estimate of drug-likeness (QED) is 0.396. The summed E-state index contributed by atoms with van der Waals surface area (Å²) < 4.78 is 22.9. The summed E-state index contributed by atoms with van der Waals surface area (Å²) in [5.74, 6) is 1.21. The number of furan rings is 1. The summed E-state index contributed by atoms with van der Waals surface area (Å²) in [6.45, 7) is 3.47. The SMILES string of the molecule is CC1(C)Oc2cc3oc(-c4cc(O)cc(O[C@H]5OC[C@@H](O)[C@@H](O)[C@H]5O)c4)cc3cc2C[C@H]1O. The number of phenolic OH excluding ortho intramolecular Hbond substituents is 1. The van der Waals surface area contributed by atoms with Gasteiger partial charge in [-0.3, -0.25) is 0 Å². The van der Waals surface area contributed by atoms with Gasteiger partial charge in [-0.05, 0) is 43.7 Å². The lowest BCUT2D eigenvalue weighted by atomic mass is 9.90. The first-order chi connectivity index (χ1) is 15.6. The molecule has 3 heterocycles. The number of phenols is 1. The maximum absolute atomic E-state index is 10.3. The first-order valence-corrected chi connectivity index (χ1v) is 10.7. The molecule has 2 aliphatic rings. The van der Waals surface area contributed by atoms with E-state index >= 15 is 0 Å². The number of aromatic hydroxyl groups is 1. The van der Waals surface area contributed by atoms with Crippen LogP contribution in [0, 0.1) is 0 Å². The Hall–Kier alpha value is -2.82. The summed E-state index contributed by atoms with van der Waals surface area (Å²) in [6, 6.07) is 9.97. The molecule has 9 heteroatoms. The van der Waals surface area contributed by atoms with Crippen LogP contribution in [0.1, 0.15) is 19.4 Å². The van der Waals surface area contributed by atoms with Crippen LogP contribution >= 0.6 is 0 Å². The molecule has 0 spiro atoms. The summed E-state index contributed by atoms with van der Waals surface area (Å²) in [7, 11) is 0. The van der Waals surface area contributed by atoms with Crippen molar-refractivity contribution in [2.45, 2.75) is 56.6 Å². The lowest BCUT2D eigenvalue weighted by Gasteiger charge is -2.36. The van der Waals surface area contributed by atoms with Gasteiger partial charge < -0.3 is 44.2 Å². The molecule has 5 atom stereocenters. The van der Waals surface area contributed by atoms with Gasteiger partial charge in [0.2, 0.25) is 6.29 Å². The zero-order chi connectivity index (χ0) is 23.5. The molecule has 0 aliphatic carbocycles. The van der Waals surface area contributed by atoms with Crippen LogP contribution in [0.25, 0.3) is 22.3 Å². The standard InChI is InChI=1S/C24H26O9/c1-24(2)20(27)7-12-3-11-6-17(32-18(11)9-19(12)33-24)13-4-14(25)8-15(5-13)31-23-22(29)21(28)16(26)10-30-23/h3-6,8-9,16,20-23,25-29H,7,10H2,1-2H3/t16-,20-,21-,22-,23-/m1/s1. The number of hydrogen-bond donors (Lipinski definition) is 5. The van der Waals surface area contributed by atoms with E-state index in [1.807, 2.05) is 26.0 Å². The van der Waals surface area contributed by atoms with E-state index in [0.717, 1.165) is 10.9 Å². The second-order valence-electron chi connectivity index (χ2n) is 9.12. The minimum atomic E-state index is -1.46. The molecule has 3 aromatic rings. The summed E-state index contributed by atoms with van der Waals surface area (Å²) in [4.78, 5) is 0. The van der Waals surface area contributed by atoms with Crippen molar-refractivity contribution >= 4 is 11.0 Å². The van der Waals surface area contributed by atoms with Crippen molar-refractivity contribution in [1.82, 2.24) is 0 Å². The van der Waals surface area contributed by atoms with E-state index < -0.39 is 36.3 Å². The zero-order valence-corrected chi connectivity index (χ0v) is 18.1. The number of ether oxygens (including phenoxy) is 3. The van der Waals surface area contributed by atoms with Gasteiger partial charge >= 0.3 is 0 Å². The van der Waals surface area contributed by atoms with E-state index in [-0.39, 0.29) is 18.1 Å². The van der Waals surface area contributed by atoms with Gasteiger partial charge in [-0.2, -0.15) is 0 Å². The fraction of sp³-hybridized carbons (Fsp3) is 0.417. The molecule has 0 radical (unpaired) electrons. The molecule has 1 fully saturated rings. The molecular formula is C24H26O9. The Morgan fingerprint density at radius 2 is 1.76 bits per heavy atom. The summed E-state index contributed by atoms with van der Waals surface area (Å²) in [5.41, 5.74) is 1.28. The highest BCUT2D eigenvalue weighted by Gasteiger charge is 2.39. The molecule has 2 aromatic carbocycles. The minimum Gasteiger partial charge on any atom is -0.508 e. The molecule has 5 N–H and O–H groups in total. The Morgan fingerprint density at radius 1 is 0.970 bits per heavy atom. The van der Waals surface area contributed by atoms with Gasteiger partial charge in [0.05, 0.1) is 12.7 Å². The number of aliphatic hydroxyl groups excluding tert-OH is 4. The molecule has 176 valence electrons. The summed E-state index contributed by atoms with van der Waals surface area (Å²) in [5, 5.41) is 50.9. The Labute approximate surface area is 189 Å². The second-order valence-corrected chi connectivity index (χ2v) is 9.12. The van der Waals surface area contributed by atoms with Crippen LogP contribution in [-0.2, 0) is 11.2 Å². The van der Waals surface area contributed by atoms with Gasteiger partial charge in [0.25, 0.3) is 0 Å². The van der Waals surface area contributed by atoms with Crippen molar-refractivity contribution in [3.05, 3.63) is 42.0 Å². The predicted molar refractivity (Wildman–Crippen MR) is 116 cm³/mol. The maximum atomic E-state index is 10.3. The smallest absolute Gasteiger partial charge is 0.228 e. The van der Waals surface area contributed by atoms with Crippen LogP contribution in [0.15, 0.2) is 40.8 Å². The highest BCUT2D eigenvalue weighted by Crippen LogP contribution is 2.39. The molecule has 2 aliphatic heterocycles. The number of benzene rings is 2. The lowest BCUT2D eigenvalue weighted by Crippen LogP contribution is -2.54. The Morgan fingerprint density at radius 3 is 2.55 bits per heavy atom. The molecule has 5 rings (SSSR count). The number of aliphatic hydroxyl groups is 4. The van der Waals surface area contributed by atoms with Crippen molar-refractivity contribution in [1.29, 1.82) is 0 Å². The predicted octanol–water partition coefficient (Wildman–Crippen LogP) is 1.70. The van der Waals surface area contributed by atoms with Crippen LogP contribution < -0.4 is 9.47 Å². The molecule has 0 unspecified atom stereocenters. The van der Waals surface area contributed by atoms with Gasteiger partial charge in [-0.25, -0.2) is 0 Å². The van der Waals surface area contributed by atoms with Gasteiger partial charge in [-0.1, -0.05) is 0 Å². The van der Waals surface area contributed by atoms with E-state index in [4.69, 9.17) is 18.6 Å². The van der Waals surface area contributed by atoms with Crippen molar-refractivity contribution in [3.8, 4) is 28.6 Å². The topological polar surface area (TPSA) is 142 Å². The van der Waals surface area contributed by atoms with Crippen LogP contribution in [0.5, 0.6) is 17.2 Å². The molecule has 1 saturated heterocycles. The Bertz CT molecular complexity index is 1180. The Kier molecular flexibility index (Phi) is 5.26. The third-order valence-corrected chi connectivity index (χ3v) is 6.17. The van der Waals surface area contributed by atoms with E-state index in [2.05, 4.69) is 0 Å². The fourth-order valence-corrected chi connectivity index (χ4v) is 4.13. The first-order valence-electron chi connectivity index (χ1n) is 10.7. The third-order valence-electron chi connectivity index (χ3n) is 6.17. The van der Waals surface area contributed by atoms with E-state index in [1.165, 1.54) is 12.1 Å². The lowest BCUT2D eigenvalue weighted by molar-refractivity contribution is -0.242. The van der Waals surface area contributed by atoms with E-state index in [9.17, 15) is 25.5 Å². The average Bonchev–Trinajstić information content (AvgIpc) is 3.16. The van der Waals surface area contributed by atoms with Crippen LogP contribution in [-0.4, -0.2) is 68.4 Å². The van der Waals surface area contributed by atoms with E-state index in [0.29, 0.717) is 29.1 Å². The summed E-state index contributed by atoms with van der Waals surface area (Å²) >= 11 is 0. The van der Waals surface area contributed by atoms with E-state index in [1.54, 1.807) is 12.1 Å². The normalized spacial score (nSPS) is 28.8. The molecule has 9 nitrogen and oxygen atoms in total. The number of rotatable bonds is 3. The van der Waals surface area contributed by atoms with Crippen LogP contribution in [0.4, 0.5) is 0 Å². The molecule has 0 saturated carbocycles. The van der Waals surface area contributed by atoms with Crippen molar-refractivity contribution in [3.63, 3.8) is 0 Å². The molecule has 0 bridgehead atoms. The molecular weight excluding hydrogens is 432 g/mol. The first kappa shape index (κ1) is 22.0. The Balaban J connectivity index is 1.45. The monoisotopic (exact) mass is 458 g/mol. The maximum Gasteiger partial charge on any atom is 0.228 e. The highest BCUT2D eigenvalue weighted by atomic mass is 16.7. The largest absolute Gasteiger partial charge is 0.508 e. The molecule has 0 amide bonds. The number of fused-ring (bicyclic) bond motifs is 2. The molecule has 1 aromatic heterocycles. The third kappa shape index (κ3) is 4.03. The average molecular weight is 458 g/mol. The molecule has 33 heavy (non-hydrogen) atoms. The van der Waals surface area contributed by atoms with Crippen LogP contribution in [0.2, 0.25) is 0 Å². The van der Waals surface area contributed by atoms with Gasteiger partial charge in [0, 0.05) is 29.5 Å². The van der Waals surface area contributed by atoms with Crippen LogP contribution in [0.3, 0.4) is 0 Å².